The highest BCUT2D eigenvalue weighted by Gasteiger charge is 2.25. The van der Waals surface area contributed by atoms with Crippen molar-refractivity contribution in [3.63, 3.8) is 0 Å². The molecule has 0 aromatic carbocycles. The van der Waals surface area contributed by atoms with Crippen LogP contribution in [-0.2, 0) is 9.53 Å². The second kappa shape index (κ2) is 6.33. The molecule has 98 valence electrons. The fourth-order valence-corrected chi connectivity index (χ4v) is 2.64. The van der Waals surface area contributed by atoms with Crippen LogP contribution in [0, 0.1) is 0 Å². The smallest absolute Gasteiger partial charge is 0.234 e. The Morgan fingerprint density at radius 1 is 1.41 bits per heavy atom. The first kappa shape index (κ1) is 12.8. The van der Waals surface area contributed by atoms with Gasteiger partial charge in [-0.25, -0.2) is 0 Å². The molecular formula is C12H23N3O2. The minimum Gasteiger partial charge on any atom is -0.376 e. The number of hydrogen-bond acceptors (Lipinski definition) is 4. The molecule has 0 bridgehead atoms. The van der Waals surface area contributed by atoms with Crippen LogP contribution in [0.4, 0.5) is 0 Å². The molecule has 17 heavy (non-hydrogen) atoms. The van der Waals surface area contributed by atoms with E-state index in [4.69, 9.17) is 10.5 Å². The van der Waals surface area contributed by atoms with Gasteiger partial charge in [-0.1, -0.05) is 0 Å². The van der Waals surface area contributed by atoms with E-state index in [9.17, 15) is 4.79 Å². The lowest BCUT2D eigenvalue weighted by Crippen LogP contribution is -2.44. The van der Waals surface area contributed by atoms with Gasteiger partial charge < -0.3 is 15.8 Å². The maximum absolute atomic E-state index is 11.8. The number of nitrogens with one attached hydrogen (secondary N) is 1. The molecule has 2 fully saturated rings. The maximum atomic E-state index is 11.8. The molecule has 1 amide bonds. The lowest BCUT2D eigenvalue weighted by molar-refractivity contribution is -0.122. The van der Waals surface area contributed by atoms with Gasteiger partial charge in [0.1, 0.15) is 0 Å². The van der Waals surface area contributed by atoms with Crippen LogP contribution in [0.5, 0.6) is 0 Å². The lowest BCUT2D eigenvalue weighted by atomic mass is 10.2. The zero-order valence-corrected chi connectivity index (χ0v) is 10.4. The second-order valence-electron chi connectivity index (χ2n) is 4.94. The summed E-state index contributed by atoms with van der Waals surface area (Å²) in [6, 6.07) is 0.392. The van der Waals surface area contributed by atoms with Crippen LogP contribution in [0.1, 0.15) is 25.7 Å². The molecule has 0 spiro atoms. The highest BCUT2D eigenvalue weighted by atomic mass is 16.5. The predicted octanol–water partition coefficient (Wildman–Crippen LogP) is -0.295. The van der Waals surface area contributed by atoms with Crippen LogP contribution in [0.2, 0.25) is 0 Å². The molecule has 2 heterocycles. The van der Waals surface area contributed by atoms with Crippen LogP contribution >= 0.6 is 0 Å². The molecule has 2 saturated heterocycles. The van der Waals surface area contributed by atoms with Gasteiger partial charge in [-0.3, -0.25) is 9.69 Å². The van der Waals surface area contributed by atoms with E-state index < -0.39 is 0 Å². The minimum atomic E-state index is 0.0980. The highest BCUT2D eigenvalue weighted by Crippen LogP contribution is 2.15. The summed E-state index contributed by atoms with van der Waals surface area (Å²) in [7, 11) is 0. The third-order valence-electron chi connectivity index (χ3n) is 3.67. The number of carbonyl (C=O) groups excluding carboxylic acids is 1. The Labute approximate surface area is 103 Å². The molecule has 5 heteroatoms. The molecule has 5 nitrogen and oxygen atoms in total. The third kappa shape index (κ3) is 3.66. The van der Waals surface area contributed by atoms with Gasteiger partial charge in [0.15, 0.2) is 0 Å². The lowest BCUT2D eigenvalue weighted by Gasteiger charge is -2.22. The summed E-state index contributed by atoms with van der Waals surface area (Å²) in [5.74, 6) is 0.0980. The van der Waals surface area contributed by atoms with Gasteiger partial charge in [0.25, 0.3) is 0 Å². The summed E-state index contributed by atoms with van der Waals surface area (Å²) in [4.78, 5) is 14.0. The number of nitrogens with zero attached hydrogens (tertiary/aromatic N) is 1. The predicted molar refractivity (Wildman–Crippen MR) is 65.6 cm³/mol. The van der Waals surface area contributed by atoms with Crippen molar-refractivity contribution < 1.29 is 9.53 Å². The molecule has 2 atom stereocenters. The Balaban J connectivity index is 1.65. The number of ether oxygens (including phenoxy) is 1. The number of likely N-dealkylation sites (tertiary alicyclic amines) is 1. The fourth-order valence-electron chi connectivity index (χ4n) is 2.64. The molecule has 2 unspecified atom stereocenters. The number of rotatable bonds is 5. The molecular weight excluding hydrogens is 218 g/mol. The van der Waals surface area contributed by atoms with Gasteiger partial charge in [-0.15, -0.1) is 0 Å². The van der Waals surface area contributed by atoms with Gasteiger partial charge in [0.2, 0.25) is 5.91 Å². The molecule has 2 rings (SSSR count). The first-order chi connectivity index (χ1) is 8.29. The highest BCUT2D eigenvalue weighted by molar-refractivity contribution is 5.78. The van der Waals surface area contributed by atoms with Crippen molar-refractivity contribution in [2.75, 3.05) is 32.8 Å². The Kier molecular flexibility index (Phi) is 4.76. The molecule has 0 saturated carbocycles. The van der Waals surface area contributed by atoms with Crippen molar-refractivity contribution in [1.29, 1.82) is 0 Å². The second-order valence-corrected chi connectivity index (χ2v) is 4.94. The quantitative estimate of drug-likeness (QED) is 0.694. The Morgan fingerprint density at radius 2 is 2.29 bits per heavy atom. The third-order valence-corrected chi connectivity index (χ3v) is 3.67. The SMILES string of the molecule is NCC1CCCN1CC(=O)NCC1CCCO1. The molecule has 2 aliphatic heterocycles. The monoisotopic (exact) mass is 241 g/mol. The number of nitrogens with two attached hydrogens (primary N) is 1. The van der Waals surface area contributed by atoms with Crippen molar-refractivity contribution in [3.05, 3.63) is 0 Å². The summed E-state index contributed by atoms with van der Waals surface area (Å²) in [6.45, 7) is 3.62. The fraction of sp³-hybridized carbons (Fsp3) is 0.917. The number of carbonyl (C=O) groups is 1. The van der Waals surface area contributed by atoms with E-state index >= 15 is 0 Å². The maximum Gasteiger partial charge on any atom is 0.234 e. The largest absolute Gasteiger partial charge is 0.376 e. The average Bonchev–Trinajstić information content (AvgIpc) is 2.97. The van der Waals surface area contributed by atoms with Crippen LogP contribution in [0.25, 0.3) is 0 Å². The molecule has 0 aromatic rings. The van der Waals surface area contributed by atoms with Crippen molar-refractivity contribution in [1.82, 2.24) is 10.2 Å². The Morgan fingerprint density at radius 3 is 3.00 bits per heavy atom. The van der Waals surface area contributed by atoms with Crippen molar-refractivity contribution in [2.45, 2.75) is 37.8 Å². The van der Waals surface area contributed by atoms with Gasteiger partial charge in [-0.2, -0.15) is 0 Å². The summed E-state index contributed by atoms with van der Waals surface area (Å²) in [6.07, 6.45) is 4.68. The summed E-state index contributed by atoms with van der Waals surface area (Å²) in [5, 5.41) is 2.95. The molecule has 0 aliphatic carbocycles. The van der Waals surface area contributed by atoms with Crippen LogP contribution in [0.3, 0.4) is 0 Å². The van der Waals surface area contributed by atoms with E-state index in [1.54, 1.807) is 0 Å². The minimum absolute atomic E-state index is 0.0980. The van der Waals surface area contributed by atoms with Crippen LogP contribution < -0.4 is 11.1 Å². The van der Waals surface area contributed by atoms with Crippen LogP contribution in [-0.4, -0.2) is 55.7 Å². The van der Waals surface area contributed by atoms with E-state index in [2.05, 4.69) is 10.2 Å². The standard InChI is InChI=1S/C12H23N3O2/c13-7-10-3-1-5-15(10)9-12(16)14-8-11-4-2-6-17-11/h10-11H,1-9,13H2,(H,14,16). The molecule has 3 N–H and O–H groups in total. The topological polar surface area (TPSA) is 67.6 Å². The number of amides is 1. The van der Waals surface area contributed by atoms with E-state index in [1.165, 1.54) is 0 Å². The summed E-state index contributed by atoms with van der Waals surface area (Å²) in [5.41, 5.74) is 5.68. The molecule has 0 radical (unpaired) electrons. The van der Waals surface area contributed by atoms with Crippen molar-refractivity contribution in [2.24, 2.45) is 5.73 Å². The summed E-state index contributed by atoms with van der Waals surface area (Å²) >= 11 is 0. The Hall–Kier alpha value is -0.650. The van der Waals surface area contributed by atoms with E-state index in [1.807, 2.05) is 0 Å². The average molecular weight is 241 g/mol. The normalized spacial score (nSPS) is 29.7. The van der Waals surface area contributed by atoms with Gasteiger partial charge in [0.05, 0.1) is 12.6 Å². The first-order valence-electron chi connectivity index (χ1n) is 6.62. The van der Waals surface area contributed by atoms with Crippen molar-refractivity contribution in [3.8, 4) is 0 Å². The van der Waals surface area contributed by atoms with Gasteiger partial charge >= 0.3 is 0 Å². The summed E-state index contributed by atoms with van der Waals surface area (Å²) < 4.78 is 5.47. The first-order valence-corrected chi connectivity index (χ1v) is 6.62. The number of hydrogen-bond donors (Lipinski definition) is 2. The van der Waals surface area contributed by atoms with E-state index in [0.29, 0.717) is 25.7 Å². The van der Waals surface area contributed by atoms with E-state index in [-0.39, 0.29) is 12.0 Å². The van der Waals surface area contributed by atoms with Crippen LogP contribution in [0.15, 0.2) is 0 Å². The molecule has 2 aliphatic rings. The van der Waals surface area contributed by atoms with E-state index in [0.717, 1.165) is 38.8 Å². The van der Waals surface area contributed by atoms with Gasteiger partial charge in [0, 0.05) is 25.7 Å². The van der Waals surface area contributed by atoms with Crippen molar-refractivity contribution >= 4 is 5.91 Å². The zero-order chi connectivity index (χ0) is 12.1. The Bertz CT molecular complexity index is 254. The van der Waals surface area contributed by atoms with Gasteiger partial charge in [-0.05, 0) is 32.2 Å². The molecule has 0 aromatic heterocycles. The zero-order valence-electron chi connectivity index (χ0n) is 10.4.